The molecule has 0 aromatic heterocycles. The summed E-state index contributed by atoms with van der Waals surface area (Å²) in [5, 5.41) is 0. The molecular formula is C17H31FO4PSi+. The smallest absolute Gasteiger partial charge is 0.462 e. The Morgan fingerprint density at radius 2 is 2.17 bits per heavy atom. The van der Waals surface area contributed by atoms with Gasteiger partial charge in [-0.3, -0.25) is 4.79 Å². The van der Waals surface area contributed by atoms with Crippen molar-refractivity contribution in [3.63, 3.8) is 0 Å². The average Bonchev–Trinajstić information content (AvgIpc) is 3.04. The van der Waals surface area contributed by atoms with Crippen LogP contribution in [0.1, 0.15) is 51.9 Å². The van der Waals surface area contributed by atoms with Crippen LogP contribution >= 0.6 is 9.47 Å². The van der Waals surface area contributed by atoms with Crippen molar-refractivity contribution in [3.8, 4) is 0 Å². The standard InChI is InChI=1S/C17H31FO4PSi/c1-4-5-6-13(18)14(22-24(2)3)8-7-11-12-9-17(19)20-15(12)10-16(11)21-23/h11-16H,4-10,23H2,1-3H3/q+1. The van der Waals surface area contributed by atoms with Gasteiger partial charge in [0, 0.05) is 21.8 Å². The van der Waals surface area contributed by atoms with Gasteiger partial charge in [-0.2, -0.15) is 0 Å². The lowest BCUT2D eigenvalue weighted by Gasteiger charge is -2.24. The fourth-order valence-corrected chi connectivity index (χ4v) is 5.26. The lowest BCUT2D eigenvalue weighted by atomic mass is 9.86. The number of alkyl halides is 1. The Hall–Kier alpha value is -0.0331. The van der Waals surface area contributed by atoms with Gasteiger partial charge in [0.05, 0.1) is 25.6 Å². The maximum atomic E-state index is 14.6. The number of esters is 1. The van der Waals surface area contributed by atoms with Gasteiger partial charge in [0.15, 0.2) is 0 Å². The number of fused-ring (bicyclic) bond motifs is 1. The Morgan fingerprint density at radius 1 is 1.42 bits per heavy atom. The summed E-state index contributed by atoms with van der Waals surface area (Å²) in [6.45, 7) is 6.18. The Kier molecular flexibility index (Phi) is 8.12. The fourth-order valence-electron chi connectivity index (χ4n) is 4.07. The predicted octanol–water partition coefficient (Wildman–Crippen LogP) is 4.06. The van der Waals surface area contributed by atoms with Gasteiger partial charge in [0.25, 0.3) is 0 Å². The van der Waals surface area contributed by atoms with Gasteiger partial charge < -0.3 is 9.26 Å². The van der Waals surface area contributed by atoms with E-state index in [4.69, 9.17) is 13.7 Å². The van der Waals surface area contributed by atoms with E-state index in [0.29, 0.717) is 19.3 Å². The van der Waals surface area contributed by atoms with Crippen molar-refractivity contribution < 1.29 is 22.9 Å². The van der Waals surface area contributed by atoms with E-state index < -0.39 is 15.2 Å². The Labute approximate surface area is 149 Å². The lowest BCUT2D eigenvalue weighted by Crippen LogP contribution is -2.32. The minimum atomic E-state index is -0.946. The van der Waals surface area contributed by atoms with Gasteiger partial charge in [-0.1, -0.05) is 19.8 Å². The monoisotopic (exact) mass is 377 g/mol. The molecule has 7 unspecified atom stereocenters. The van der Waals surface area contributed by atoms with Gasteiger partial charge in [-0.05, 0) is 25.2 Å². The average molecular weight is 377 g/mol. The van der Waals surface area contributed by atoms with E-state index in [9.17, 15) is 9.18 Å². The molecule has 1 heterocycles. The summed E-state index contributed by atoms with van der Waals surface area (Å²) in [6, 6.07) is 0. The molecule has 0 aromatic rings. The second-order valence-electron chi connectivity index (χ2n) is 7.27. The Balaban J connectivity index is 1.94. The first-order valence-electron chi connectivity index (χ1n) is 9.12. The van der Waals surface area contributed by atoms with Gasteiger partial charge >= 0.3 is 15.0 Å². The number of carbonyl (C=O) groups is 1. The zero-order valence-electron chi connectivity index (χ0n) is 15.0. The number of rotatable bonds is 10. The topological polar surface area (TPSA) is 44.8 Å². The van der Waals surface area contributed by atoms with E-state index in [1.165, 1.54) is 0 Å². The van der Waals surface area contributed by atoms with E-state index in [0.717, 1.165) is 25.7 Å². The highest BCUT2D eigenvalue weighted by molar-refractivity contribution is 7.09. The molecule has 0 bridgehead atoms. The third-order valence-corrected chi connectivity index (χ3v) is 6.36. The first-order valence-corrected chi connectivity index (χ1v) is 12.0. The number of ether oxygens (including phenoxy) is 1. The lowest BCUT2D eigenvalue weighted by molar-refractivity contribution is -0.141. The van der Waals surface area contributed by atoms with Crippen LogP contribution in [-0.2, 0) is 18.5 Å². The summed E-state index contributed by atoms with van der Waals surface area (Å²) in [5.74, 6) is 0.349. The van der Waals surface area contributed by atoms with Crippen molar-refractivity contribution in [1.29, 1.82) is 0 Å². The first kappa shape index (κ1) is 20.3. The SMILES string of the molecule is CCCCC(F)C(CCC1C(OP)CC2OC(=O)CC21)O[Si+](C)C. The van der Waals surface area contributed by atoms with Crippen LogP contribution in [0.5, 0.6) is 0 Å². The van der Waals surface area contributed by atoms with Crippen LogP contribution in [0.25, 0.3) is 0 Å². The molecule has 1 aliphatic heterocycles. The molecule has 0 radical (unpaired) electrons. The zero-order chi connectivity index (χ0) is 17.7. The molecule has 1 saturated heterocycles. The second kappa shape index (κ2) is 9.61. The molecule has 7 heteroatoms. The van der Waals surface area contributed by atoms with E-state index in [1.807, 2.05) is 13.1 Å². The van der Waals surface area contributed by atoms with Gasteiger partial charge in [0.1, 0.15) is 18.4 Å². The van der Waals surface area contributed by atoms with E-state index >= 15 is 0 Å². The summed E-state index contributed by atoms with van der Waals surface area (Å²) >= 11 is 0. The number of halogens is 1. The highest BCUT2D eigenvalue weighted by Crippen LogP contribution is 2.45. The van der Waals surface area contributed by atoms with E-state index in [-0.39, 0.29) is 36.1 Å². The maximum absolute atomic E-state index is 14.6. The molecule has 1 saturated carbocycles. The van der Waals surface area contributed by atoms with Gasteiger partial charge in [0.2, 0.25) is 0 Å². The molecular weight excluding hydrogens is 346 g/mol. The summed E-state index contributed by atoms with van der Waals surface area (Å²) in [4.78, 5) is 11.6. The first-order chi connectivity index (χ1) is 11.5. The van der Waals surface area contributed by atoms with Crippen molar-refractivity contribution in [2.75, 3.05) is 0 Å². The third kappa shape index (κ3) is 5.23. The normalized spacial score (nSPS) is 31.6. The van der Waals surface area contributed by atoms with Gasteiger partial charge in [-0.15, -0.1) is 0 Å². The van der Waals surface area contributed by atoms with Crippen LogP contribution in [0.3, 0.4) is 0 Å². The summed E-state index contributed by atoms with van der Waals surface area (Å²) < 4.78 is 31.5. The minimum absolute atomic E-state index is 0.0225. The van der Waals surface area contributed by atoms with Crippen LogP contribution in [0.15, 0.2) is 0 Å². The van der Waals surface area contributed by atoms with Crippen LogP contribution in [0.2, 0.25) is 13.1 Å². The zero-order valence-corrected chi connectivity index (χ0v) is 17.2. The largest absolute Gasteiger partial charge is 0.467 e. The molecule has 138 valence electrons. The molecule has 7 atom stereocenters. The van der Waals surface area contributed by atoms with E-state index in [1.54, 1.807) is 0 Å². The highest BCUT2D eigenvalue weighted by atomic mass is 31.0. The van der Waals surface area contributed by atoms with Crippen molar-refractivity contribution in [2.45, 2.75) is 89.4 Å². The minimum Gasteiger partial charge on any atom is -0.462 e. The molecule has 2 rings (SSSR count). The molecule has 0 N–H and O–H groups in total. The predicted molar refractivity (Wildman–Crippen MR) is 96.7 cm³/mol. The van der Waals surface area contributed by atoms with Crippen LogP contribution in [0.4, 0.5) is 4.39 Å². The van der Waals surface area contributed by atoms with Crippen LogP contribution in [0, 0.1) is 11.8 Å². The summed E-state index contributed by atoms with van der Waals surface area (Å²) in [5.41, 5.74) is 0. The van der Waals surface area contributed by atoms with Crippen molar-refractivity contribution in [1.82, 2.24) is 0 Å². The number of unbranched alkanes of at least 4 members (excludes halogenated alkanes) is 1. The Morgan fingerprint density at radius 3 is 2.79 bits per heavy atom. The van der Waals surface area contributed by atoms with E-state index in [2.05, 4.69) is 16.4 Å². The second-order valence-corrected chi connectivity index (χ2v) is 9.59. The summed E-state index contributed by atoms with van der Waals surface area (Å²) in [7, 11) is 1.39. The molecule has 2 aliphatic rings. The Bertz CT molecular complexity index is 412. The van der Waals surface area contributed by atoms with Gasteiger partial charge in [-0.25, -0.2) is 8.82 Å². The van der Waals surface area contributed by atoms with Crippen LogP contribution < -0.4 is 0 Å². The van der Waals surface area contributed by atoms with Crippen molar-refractivity contribution in [3.05, 3.63) is 0 Å². The number of hydrogen-bond donors (Lipinski definition) is 0. The number of carbonyl (C=O) groups excluding carboxylic acids is 1. The molecule has 2 fully saturated rings. The molecule has 1 aliphatic carbocycles. The quantitative estimate of drug-likeness (QED) is 0.327. The maximum Gasteiger partial charge on any atom is 0.467 e. The van der Waals surface area contributed by atoms with Crippen molar-refractivity contribution in [2.24, 2.45) is 11.8 Å². The molecule has 4 nitrogen and oxygen atoms in total. The third-order valence-electron chi connectivity index (χ3n) is 5.24. The fraction of sp³-hybridized carbons (Fsp3) is 0.941. The highest BCUT2D eigenvalue weighted by Gasteiger charge is 2.50. The summed E-state index contributed by atoms with van der Waals surface area (Å²) in [6.07, 6.45) is 4.00. The molecule has 0 spiro atoms. The molecule has 0 amide bonds. The van der Waals surface area contributed by atoms with Crippen molar-refractivity contribution >= 4 is 24.5 Å². The number of hydrogen-bond acceptors (Lipinski definition) is 4. The molecule has 0 aromatic carbocycles. The van der Waals surface area contributed by atoms with Crippen LogP contribution in [-0.4, -0.2) is 39.5 Å². The molecule has 24 heavy (non-hydrogen) atoms.